The molecule has 0 fully saturated rings. The summed E-state index contributed by atoms with van der Waals surface area (Å²) in [6, 6.07) is 1.20. The molecule has 5 nitrogen and oxygen atoms in total. The van der Waals surface area contributed by atoms with Crippen molar-refractivity contribution >= 4 is 39.4 Å². The van der Waals surface area contributed by atoms with Crippen LogP contribution in [0.25, 0.3) is 0 Å². The molecule has 0 saturated heterocycles. The third kappa shape index (κ3) is 4.84. The molecule has 1 aromatic carbocycles. The lowest BCUT2D eigenvalue weighted by molar-refractivity contribution is 0.0696. The zero-order chi connectivity index (χ0) is 16.2. The van der Waals surface area contributed by atoms with Crippen molar-refractivity contribution in [3.63, 3.8) is 0 Å². The van der Waals surface area contributed by atoms with Crippen LogP contribution < -0.4 is 4.72 Å². The third-order valence-electron chi connectivity index (χ3n) is 2.65. The van der Waals surface area contributed by atoms with Crippen LogP contribution in [-0.2, 0) is 10.0 Å². The number of carboxylic acids is 1. The maximum Gasteiger partial charge on any atom is 0.337 e. The van der Waals surface area contributed by atoms with Crippen molar-refractivity contribution < 1.29 is 22.7 Å². The molecule has 2 N–H and O–H groups in total. The van der Waals surface area contributed by atoms with E-state index in [-0.39, 0.29) is 6.04 Å². The lowest BCUT2D eigenvalue weighted by Gasteiger charge is -2.14. The number of hydrogen-bond acceptors (Lipinski definition) is 4. The highest BCUT2D eigenvalue weighted by atomic mass is 35.5. The van der Waals surface area contributed by atoms with Crippen molar-refractivity contribution in [3.8, 4) is 0 Å². The SMILES string of the molecule is CSCCC(C)NS(=O)(=O)c1cc(F)c(Cl)c(C(=O)O)c1. The second-order valence-electron chi connectivity index (χ2n) is 4.38. The van der Waals surface area contributed by atoms with Crippen molar-refractivity contribution in [2.45, 2.75) is 24.3 Å². The number of sulfonamides is 1. The molecule has 1 atom stereocenters. The van der Waals surface area contributed by atoms with Crippen molar-refractivity contribution in [2.24, 2.45) is 0 Å². The maximum absolute atomic E-state index is 13.6. The highest BCUT2D eigenvalue weighted by Gasteiger charge is 2.23. The number of carboxylic acid groups (broad SMARTS) is 1. The molecule has 1 rings (SSSR count). The number of thioether (sulfide) groups is 1. The standard InChI is InChI=1S/C12H15ClFNO4S2/c1-7(3-4-20-2)15-21(18,19)8-5-9(12(16)17)11(13)10(14)6-8/h5-7,15H,3-4H2,1-2H3,(H,16,17). The normalized spacial score (nSPS) is 13.1. The Hall–Kier alpha value is -0.830. The summed E-state index contributed by atoms with van der Waals surface area (Å²) in [5, 5.41) is 8.30. The molecule has 0 aliphatic heterocycles. The summed E-state index contributed by atoms with van der Waals surface area (Å²) in [7, 11) is -4.01. The van der Waals surface area contributed by atoms with Gasteiger partial charge in [-0.2, -0.15) is 11.8 Å². The lowest BCUT2D eigenvalue weighted by atomic mass is 10.2. The van der Waals surface area contributed by atoms with Gasteiger partial charge < -0.3 is 5.11 Å². The summed E-state index contributed by atoms with van der Waals surface area (Å²) in [4.78, 5) is 10.5. The molecule has 21 heavy (non-hydrogen) atoms. The Bertz CT molecular complexity index is 636. The summed E-state index contributed by atoms with van der Waals surface area (Å²) in [5.41, 5.74) is -0.589. The van der Waals surface area contributed by atoms with E-state index in [1.807, 2.05) is 6.26 Å². The van der Waals surface area contributed by atoms with E-state index in [1.165, 1.54) is 0 Å². The van der Waals surface area contributed by atoms with Crippen molar-refractivity contribution in [1.29, 1.82) is 0 Å². The van der Waals surface area contributed by atoms with E-state index in [0.29, 0.717) is 12.5 Å². The van der Waals surface area contributed by atoms with Crippen LogP contribution in [0.4, 0.5) is 4.39 Å². The number of nitrogens with one attached hydrogen (secondary N) is 1. The van der Waals surface area contributed by atoms with Crippen LogP contribution >= 0.6 is 23.4 Å². The number of benzene rings is 1. The summed E-state index contributed by atoms with van der Waals surface area (Å²) in [5.74, 6) is -1.82. The minimum absolute atomic E-state index is 0.352. The van der Waals surface area contributed by atoms with Gasteiger partial charge in [-0.25, -0.2) is 22.3 Å². The molecule has 0 bridgehead atoms. The first kappa shape index (κ1) is 18.2. The van der Waals surface area contributed by atoms with Gasteiger partial charge in [0.15, 0.2) is 0 Å². The molecule has 1 unspecified atom stereocenters. The fourth-order valence-corrected chi connectivity index (χ4v) is 3.66. The van der Waals surface area contributed by atoms with Gasteiger partial charge in [-0.3, -0.25) is 0 Å². The average Bonchev–Trinajstić information content (AvgIpc) is 2.38. The van der Waals surface area contributed by atoms with Crippen molar-refractivity contribution in [2.75, 3.05) is 12.0 Å². The van der Waals surface area contributed by atoms with Gasteiger partial charge in [-0.05, 0) is 37.5 Å². The molecular formula is C12H15ClFNO4S2. The summed E-state index contributed by atoms with van der Waals surface area (Å²) in [6.45, 7) is 1.68. The monoisotopic (exact) mass is 355 g/mol. The van der Waals surface area contributed by atoms with E-state index >= 15 is 0 Å². The van der Waals surface area contributed by atoms with Crippen LogP contribution in [0.15, 0.2) is 17.0 Å². The second kappa shape index (κ2) is 7.44. The minimum atomic E-state index is -4.01. The Morgan fingerprint density at radius 1 is 1.52 bits per heavy atom. The van der Waals surface area contributed by atoms with Gasteiger partial charge in [0.1, 0.15) is 5.82 Å². The molecule has 0 amide bonds. The number of halogens is 2. The summed E-state index contributed by atoms with van der Waals surface area (Å²) in [6.07, 6.45) is 2.50. The Morgan fingerprint density at radius 2 is 2.14 bits per heavy atom. The van der Waals surface area contributed by atoms with Gasteiger partial charge in [-0.15, -0.1) is 0 Å². The van der Waals surface area contributed by atoms with E-state index in [1.54, 1.807) is 18.7 Å². The first-order valence-electron chi connectivity index (χ1n) is 5.92. The lowest BCUT2D eigenvalue weighted by Crippen LogP contribution is -2.33. The largest absolute Gasteiger partial charge is 0.478 e. The maximum atomic E-state index is 13.6. The van der Waals surface area contributed by atoms with Crippen LogP contribution in [0.2, 0.25) is 5.02 Å². The number of rotatable bonds is 7. The van der Waals surface area contributed by atoms with Crippen LogP contribution in [0, 0.1) is 5.82 Å². The molecule has 9 heteroatoms. The molecule has 0 radical (unpaired) electrons. The quantitative estimate of drug-likeness (QED) is 0.785. The molecule has 0 aromatic heterocycles. The van der Waals surface area contributed by atoms with Crippen molar-refractivity contribution in [1.82, 2.24) is 4.72 Å². The van der Waals surface area contributed by atoms with Crippen LogP contribution in [-0.4, -0.2) is 37.5 Å². The summed E-state index contributed by atoms with van der Waals surface area (Å²) >= 11 is 7.08. The topological polar surface area (TPSA) is 83.5 Å². The van der Waals surface area contributed by atoms with Crippen LogP contribution in [0.5, 0.6) is 0 Å². The van der Waals surface area contributed by atoms with Gasteiger partial charge in [0, 0.05) is 6.04 Å². The Morgan fingerprint density at radius 3 is 2.67 bits per heavy atom. The van der Waals surface area contributed by atoms with E-state index in [2.05, 4.69) is 4.72 Å². The Labute approximate surface area is 131 Å². The predicted octanol–water partition coefficient (Wildman–Crippen LogP) is 2.60. The molecule has 0 spiro atoms. The molecule has 0 aliphatic carbocycles. The number of hydrogen-bond donors (Lipinski definition) is 2. The number of carbonyl (C=O) groups is 1. The first-order chi connectivity index (χ1) is 9.69. The Kier molecular flexibility index (Phi) is 6.45. The molecule has 0 saturated carbocycles. The van der Waals surface area contributed by atoms with Crippen LogP contribution in [0.3, 0.4) is 0 Å². The zero-order valence-electron chi connectivity index (χ0n) is 11.4. The van der Waals surface area contributed by atoms with E-state index < -0.39 is 37.3 Å². The minimum Gasteiger partial charge on any atom is -0.478 e. The zero-order valence-corrected chi connectivity index (χ0v) is 13.8. The molecule has 118 valence electrons. The molecular weight excluding hydrogens is 341 g/mol. The molecule has 1 aromatic rings. The first-order valence-corrected chi connectivity index (χ1v) is 9.18. The second-order valence-corrected chi connectivity index (χ2v) is 7.45. The van der Waals surface area contributed by atoms with Gasteiger partial charge in [-0.1, -0.05) is 11.6 Å². The van der Waals surface area contributed by atoms with Gasteiger partial charge in [0.25, 0.3) is 0 Å². The fraction of sp³-hybridized carbons (Fsp3) is 0.417. The van der Waals surface area contributed by atoms with Gasteiger partial charge in [0.2, 0.25) is 10.0 Å². The van der Waals surface area contributed by atoms with Crippen molar-refractivity contribution in [3.05, 3.63) is 28.5 Å². The van der Waals surface area contributed by atoms with Gasteiger partial charge in [0.05, 0.1) is 15.5 Å². The van der Waals surface area contributed by atoms with E-state index in [9.17, 15) is 17.6 Å². The highest BCUT2D eigenvalue weighted by Crippen LogP contribution is 2.24. The average molecular weight is 356 g/mol. The fourth-order valence-electron chi connectivity index (χ4n) is 1.56. The van der Waals surface area contributed by atoms with Crippen LogP contribution in [0.1, 0.15) is 23.7 Å². The highest BCUT2D eigenvalue weighted by molar-refractivity contribution is 7.98. The molecule has 0 aliphatic rings. The van der Waals surface area contributed by atoms with Gasteiger partial charge >= 0.3 is 5.97 Å². The predicted molar refractivity (Wildman–Crippen MR) is 81.2 cm³/mol. The van der Waals surface area contributed by atoms with E-state index in [4.69, 9.17) is 16.7 Å². The van der Waals surface area contributed by atoms with E-state index in [0.717, 1.165) is 11.8 Å². The number of aromatic carboxylic acids is 1. The Balaban J connectivity index is 3.12. The molecule has 0 heterocycles. The smallest absolute Gasteiger partial charge is 0.337 e. The summed E-state index contributed by atoms with van der Waals surface area (Å²) < 4.78 is 40.2. The third-order valence-corrected chi connectivity index (χ3v) is 5.25.